The highest BCUT2D eigenvalue weighted by atomic mass is 19.1. The van der Waals surface area contributed by atoms with Gasteiger partial charge in [-0.15, -0.1) is 0 Å². The average molecular weight is 193 g/mol. The van der Waals surface area contributed by atoms with Crippen molar-refractivity contribution in [3.05, 3.63) is 35.1 Å². The standard InChI is InChI=1S/C12H16FN/c1-8-3-4-9(6-12(8)13)11-5-10(11)7-14-2/h3-4,6,10-11,14H,5,7H2,1-2H3. The molecular weight excluding hydrogens is 177 g/mol. The van der Waals surface area contributed by atoms with Crippen molar-refractivity contribution in [2.45, 2.75) is 19.3 Å². The van der Waals surface area contributed by atoms with Gasteiger partial charge in [0, 0.05) is 0 Å². The lowest BCUT2D eigenvalue weighted by atomic mass is 10.1. The molecule has 14 heavy (non-hydrogen) atoms. The van der Waals surface area contributed by atoms with Crippen LogP contribution in [0.3, 0.4) is 0 Å². The monoisotopic (exact) mass is 193 g/mol. The van der Waals surface area contributed by atoms with Crippen molar-refractivity contribution in [3.63, 3.8) is 0 Å². The lowest BCUT2D eigenvalue weighted by Gasteiger charge is -2.02. The molecule has 0 aliphatic heterocycles. The van der Waals surface area contributed by atoms with E-state index in [0.29, 0.717) is 11.8 Å². The van der Waals surface area contributed by atoms with E-state index in [0.717, 1.165) is 17.7 Å². The third kappa shape index (κ3) is 1.80. The normalized spacial score (nSPS) is 25.1. The van der Waals surface area contributed by atoms with E-state index < -0.39 is 0 Å². The van der Waals surface area contributed by atoms with Gasteiger partial charge in [-0.2, -0.15) is 0 Å². The second-order valence-electron chi connectivity index (χ2n) is 4.17. The molecule has 0 heterocycles. The minimum atomic E-state index is -0.0717. The van der Waals surface area contributed by atoms with Crippen LogP contribution in [0, 0.1) is 18.7 Å². The van der Waals surface area contributed by atoms with Crippen LogP contribution >= 0.6 is 0 Å². The number of hydrogen-bond acceptors (Lipinski definition) is 1. The van der Waals surface area contributed by atoms with Crippen molar-refractivity contribution in [1.29, 1.82) is 0 Å². The van der Waals surface area contributed by atoms with Crippen molar-refractivity contribution in [2.24, 2.45) is 5.92 Å². The van der Waals surface area contributed by atoms with E-state index in [1.165, 1.54) is 6.42 Å². The molecule has 2 unspecified atom stereocenters. The van der Waals surface area contributed by atoms with Crippen LogP contribution in [-0.4, -0.2) is 13.6 Å². The molecule has 1 nitrogen and oxygen atoms in total. The molecule has 1 N–H and O–H groups in total. The van der Waals surface area contributed by atoms with Gasteiger partial charge >= 0.3 is 0 Å². The number of hydrogen-bond donors (Lipinski definition) is 1. The van der Waals surface area contributed by atoms with Gasteiger partial charge in [-0.05, 0) is 56.0 Å². The largest absolute Gasteiger partial charge is 0.319 e. The fourth-order valence-electron chi connectivity index (χ4n) is 1.98. The lowest BCUT2D eigenvalue weighted by Crippen LogP contribution is -2.10. The highest BCUT2D eigenvalue weighted by Gasteiger charge is 2.37. The predicted molar refractivity (Wildman–Crippen MR) is 55.9 cm³/mol. The Balaban J connectivity index is 2.08. The van der Waals surface area contributed by atoms with E-state index in [4.69, 9.17) is 0 Å². The molecule has 2 rings (SSSR count). The molecule has 0 amide bonds. The summed E-state index contributed by atoms with van der Waals surface area (Å²) in [4.78, 5) is 0. The Kier molecular flexibility index (Phi) is 2.55. The van der Waals surface area contributed by atoms with Crippen molar-refractivity contribution >= 4 is 0 Å². The summed E-state index contributed by atoms with van der Waals surface area (Å²) in [5.41, 5.74) is 1.90. The number of benzene rings is 1. The summed E-state index contributed by atoms with van der Waals surface area (Å²) in [6, 6.07) is 5.62. The molecule has 1 fully saturated rings. The van der Waals surface area contributed by atoms with Gasteiger partial charge in [-0.3, -0.25) is 0 Å². The topological polar surface area (TPSA) is 12.0 Å². The first-order valence-corrected chi connectivity index (χ1v) is 5.13. The molecule has 1 saturated carbocycles. The van der Waals surface area contributed by atoms with Crippen LogP contribution in [-0.2, 0) is 0 Å². The lowest BCUT2D eigenvalue weighted by molar-refractivity contribution is 0.614. The fourth-order valence-corrected chi connectivity index (χ4v) is 1.98. The fraction of sp³-hybridized carbons (Fsp3) is 0.500. The zero-order chi connectivity index (χ0) is 10.1. The summed E-state index contributed by atoms with van der Waals surface area (Å²) in [7, 11) is 1.96. The molecule has 76 valence electrons. The van der Waals surface area contributed by atoms with Crippen molar-refractivity contribution < 1.29 is 4.39 Å². The maximum atomic E-state index is 13.3. The van der Waals surface area contributed by atoms with E-state index >= 15 is 0 Å². The van der Waals surface area contributed by atoms with Gasteiger partial charge in [0.2, 0.25) is 0 Å². The smallest absolute Gasteiger partial charge is 0.126 e. The van der Waals surface area contributed by atoms with Crippen LogP contribution in [0.4, 0.5) is 4.39 Å². The molecular formula is C12H16FN. The van der Waals surface area contributed by atoms with Gasteiger partial charge in [0.05, 0.1) is 0 Å². The van der Waals surface area contributed by atoms with Crippen molar-refractivity contribution in [3.8, 4) is 0 Å². The highest BCUT2D eigenvalue weighted by Crippen LogP contribution is 2.47. The second-order valence-corrected chi connectivity index (χ2v) is 4.17. The summed E-state index contributed by atoms with van der Waals surface area (Å²) in [6.07, 6.45) is 1.20. The zero-order valence-corrected chi connectivity index (χ0v) is 8.68. The molecule has 1 aliphatic carbocycles. The molecule has 0 aromatic heterocycles. The predicted octanol–water partition coefficient (Wildman–Crippen LogP) is 2.46. The first kappa shape index (κ1) is 9.66. The summed E-state index contributed by atoms with van der Waals surface area (Å²) in [6.45, 7) is 2.84. The molecule has 2 atom stereocenters. The number of nitrogens with one attached hydrogen (secondary N) is 1. The Bertz CT molecular complexity index is 335. The molecule has 1 aromatic carbocycles. The maximum Gasteiger partial charge on any atom is 0.126 e. The van der Waals surface area contributed by atoms with Crippen molar-refractivity contribution in [1.82, 2.24) is 5.32 Å². The molecule has 1 aromatic rings. The Hall–Kier alpha value is -0.890. The Morgan fingerprint density at radius 1 is 1.50 bits per heavy atom. The Morgan fingerprint density at radius 2 is 2.29 bits per heavy atom. The minimum Gasteiger partial charge on any atom is -0.319 e. The molecule has 0 radical (unpaired) electrons. The summed E-state index contributed by atoms with van der Waals surface area (Å²) in [5.74, 6) is 1.22. The van der Waals surface area contributed by atoms with E-state index in [-0.39, 0.29) is 5.82 Å². The summed E-state index contributed by atoms with van der Waals surface area (Å²) >= 11 is 0. The summed E-state index contributed by atoms with van der Waals surface area (Å²) < 4.78 is 13.3. The zero-order valence-electron chi connectivity index (χ0n) is 8.68. The maximum absolute atomic E-state index is 13.3. The van der Waals surface area contributed by atoms with Gasteiger partial charge in [-0.25, -0.2) is 4.39 Å². The Morgan fingerprint density at radius 3 is 2.93 bits per heavy atom. The number of halogens is 1. The van der Waals surface area contributed by atoms with Crippen LogP contribution in [0.25, 0.3) is 0 Å². The minimum absolute atomic E-state index is 0.0717. The third-order valence-corrected chi connectivity index (χ3v) is 3.01. The van der Waals surface area contributed by atoms with Crippen LogP contribution in [0.1, 0.15) is 23.5 Å². The molecule has 0 saturated heterocycles. The molecule has 0 bridgehead atoms. The van der Waals surface area contributed by atoms with Gasteiger partial charge in [0.25, 0.3) is 0 Å². The Labute approximate surface area is 84.3 Å². The summed E-state index contributed by atoms with van der Waals surface area (Å²) in [5, 5.41) is 3.16. The number of rotatable bonds is 3. The van der Waals surface area contributed by atoms with E-state index in [1.807, 2.05) is 13.1 Å². The van der Waals surface area contributed by atoms with Crippen molar-refractivity contribution in [2.75, 3.05) is 13.6 Å². The van der Waals surface area contributed by atoms with Gasteiger partial charge in [0.1, 0.15) is 5.82 Å². The van der Waals surface area contributed by atoms with Crippen LogP contribution in [0.2, 0.25) is 0 Å². The molecule has 2 heteroatoms. The quantitative estimate of drug-likeness (QED) is 0.777. The van der Waals surface area contributed by atoms with Crippen LogP contribution in [0.5, 0.6) is 0 Å². The van der Waals surface area contributed by atoms with Gasteiger partial charge in [0.15, 0.2) is 0 Å². The first-order chi connectivity index (χ1) is 6.72. The second kappa shape index (κ2) is 3.70. The first-order valence-electron chi connectivity index (χ1n) is 5.13. The number of aryl methyl sites for hydroxylation is 1. The SMILES string of the molecule is CNCC1CC1c1ccc(C)c(F)c1. The van der Waals surface area contributed by atoms with E-state index in [1.54, 1.807) is 13.0 Å². The van der Waals surface area contributed by atoms with E-state index in [9.17, 15) is 4.39 Å². The molecule has 0 spiro atoms. The van der Waals surface area contributed by atoms with Crippen LogP contribution in [0.15, 0.2) is 18.2 Å². The third-order valence-electron chi connectivity index (χ3n) is 3.01. The average Bonchev–Trinajstić information content (AvgIpc) is 2.90. The van der Waals surface area contributed by atoms with Crippen LogP contribution < -0.4 is 5.32 Å². The molecule has 1 aliphatic rings. The van der Waals surface area contributed by atoms with Gasteiger partial charge in [-0.1, -0.05) is 12.1 Å². The highest BCUT2D eigenvalue weighted by molar-refractivity contribution is 5.30. The van der Waals surface area contributed by atoms with E-state index in [2.05, 4.69) is 11.4 Å². The van der Waals surface area contributed by atoms with Gasteiger partial charge < -0.3 is 5.32 Å².